The van der Waals surface area contributed by atoms with Crippen LogP contribution in [0.2, 0.25) is 0 Å². The number of likely N-dealkylation sites (tertiary alicyclic amines) is 1. The van der Waals surface area contributed by atoms with E-state index in [9.17, 15) is 18.0 Å². The van der Waals surface area contributed by atoms with Gasteiger partial charge in [0.25, 0.3) is 0 Å². The third kappa shape index (κ3) is 9.29. The van der Waals surface area contributed by atoms with Crippen LogP contribution in [0, 0.1) is 5.92 Å². The minimum Gasteiger partial charge on any atom is -0.476 e. The Morgan fingerprint density at radius 1 is 1.03 bits per heavy atom. The summed E-state index contributed by atoms with van der Waals surface area (Å²) >= 11 is 0. The summed E-state index contributed by atoms with van der Waals surface area (Å²) in [7, 11) is -3.40. The van der Waals surface area contributed by atoms with Crippen LogP contribution in [0.5, 0.6) is 5.88 Å². The Hall–Kier alpha value is -2.67. The van der Waals surface area contributed by atoms with Crippen LogP contribution >= 0.6 is 0 Å². The summed E-state index contributed by atoms with van der Waals surface area (Å²) in [4.78, 5) is 35.6. The number of aromatic nitrogens is 2. The van der Waals surface area contributed by atoms with Crippen molar-refractivity contribution in [2.75, 3.05) is 63.1 Å². The molecule has 1 aromatic heterocycles. The zero-order chi connectivity index (χ0) is 27.1. The lowest BCUT2D eigenvalue weighted by molar-refractivity contribution is -0.140. The maximum absolute atomic E-state index is 12.5. The van der Waals surface area contributed by atoms with Crippen LogP contribution in [0.4, 0.5) is 10.6 Å². The van der Waals surface area contributed by atoms with Gasteiger partial charge in [-0.3, -0.25) is 4.79 Å². The zero-order valence-electron chi connectivity index (χ0n) is 22.2. The molecule has 2 saturated heterocycles. The smallest absolute Gasteiger partial charge is 0.410 e. The number of nitrogens with zero attached hydrogens (tertiary/aromatic N) is 5. The zero-order valence-corrected chi connectivity index (χ0v) is 23.0. The summed E-state index contributed by atoms with van der Waals surface area (Å²) in [6, 6.07) is 0. The third-order valence-corrected chi connectivity index (χ3v) is 8.11. The molecule has 0 unspecified atom stereocenters. The van der Waals surface area contributed by atoms with Crippen LogP contribution in [0.25, 0.3) is 0 Å². The molecule has 2 aliphatic heterocycles. The van der Waals surface area contributed by atoms with Crippen molar-refractivity contribution in [3.63, 3.8) is 0 Å². The van der Waals surface area contributed by atoms with Gasteiger partial charge >= 0.3 is 12.1 Å². The number of anilines is 1. The number of piperazine rings is 1. The van der Waals surface area contributed by atoms with Gasteiger partial charge in [0.15, 0.2) is 0 Å². The summed E-state index contributed by atoms with van der Waals surface area (Å²) in [6.45, 7) is 10.5. The highest BCUT2D eigenvalue weighted by atomic mass is 32.2. The third-order valence-electron chi connectivity index (χ3n) is 6.16. The number of rotatable bonds is 9. The highest BCUT2D eigenvalue weighted by molar-refractivity contribution is 7.89. The number of carbonyl (C=O) groups is 2. The number of hydrogen-bond donors (Lipinski definition) is 0. The lowest BCUT2D eigenvalue weighted by Crippen LogP contribution is -2.49. The quantitative estimate of drug-likeness (QED) is 0.337. The van der Waals surface area contributed by atoms with E-state index >= 15 is 0 Å². The van der Waals surface area contributed by atoms with Crippen molar-refractivity contribution in [3.8, 4) is 5.88 Å². The lowest BCUT2D eigenvalue weighted by atomic mass is 9.98. The van der Waals surface area contributed by atoms with Gasteiger partial charge in [0, 0.05) is 46.2 Å². The molecule has 208 valence electrons. The highest BCUT2D eigenvalue weighted by Gasteiger charge is 2.28. The molecule has 2 aliphatic rings. The van der Waals surface area contributed by atoms with E-state index in [1.165, 1.54) is 11.2 Å². The van der Waals surface area contributed by atoms with Crippen LogP contribution in [-0.2, 0) is 24.3 Å². The second-order valence-corrected chi connectivity index (χ2v) is 12.4. The highest BCUT2D eigenvalue weighted by Crippen LogP contribution is 2.22. The molecule has 0 radical (unpaired) electrons. The largest absolute Gasteiger partial charge is 0.476 e. The first-order chi connectivity index (χ1) is 17.4. The number of esters is 1. The molecule has 37 heavy (non-hydrogen) atoms. The normalized spacial score (nSPS) is 17.9. The van der Waals surface area contributed by atoms with E-state index in [2.05, 4.69) is 9.97 Å². The first kappa shape index (κ1) is 28.9. The number of hydrogen-bond acceptors (Lipinski definition) is 10. The average Bonchev–Trinajstić information content (AvgIpc) is 2.85. The Labute approximate surface area is 219 Å². The standard InChI is InChI=1S/C24H39N5O7S/c1-19(30)34-14-5-15-37(32,33)29-12-10-27(11-13-29)21-16-26-22(17-25-21)35-18-20-6-8-28(9-7-20)23(31)36-24(2,3)4/h16-17,20H,5-15,18H2,1-4H3. The molecular formula is C24H39N5O7S. The SMILES string of the molecule is CC(=O)OCCCS(=O)(=O)N1CCN(c2cnc(OCC3CCN(C(=O)OC(C)(C)C)CC3)cn2)CC1. The fraction of sp³-hybridized carbons (Fsp3) is 0.750. The Balaban J connectivity index is 1.38. The first-order valence-electron chi connectivity index (χ1n) is 12.7. The molecular weight excluding hydrogens is 502 g/mol. The summed E-state index contributed by atoms with van der Waals surface area (Å²) in [5.41, 5.74) is -0.500. The molecule has 0 aromatic carbocycles. The Kier molecular flexibility index (Phi) is 9.93. The predicted molar refractivity (Wildman–Crippen MR) is 137 cm³/mol. The molecule has 0 N–H and O–H groups in total. The van der Waals surface area contributed by atoms with Crippen LogP contribution in [0.3, 0.4) is 0 Å². The molecule has 0 bridgehead atoms. The Bertz CT molecular complexity index is 997. The molecule has 12 nitrogen and oxygen atoms in total. The van der Waals surface area contributed by atoms with Crippen molar-refractivity contribution < 1.29 is 32.2 Å². The van der Waals surface area contributed by atoms with Crippen molar-refractivity contribution in [2.24, 2.45) is 5.92 Å². The van der Waals surface area contributed by atoms with Crippen LogP contribution in [0.15, 0.2) is 12.4 Å². The van der Waals surface area contributed by atoms with Gasteiger partial charge in [-0.25, -0.2) is 23.2 Å². The van der Waals surface area contributed by atoms with E-state index in [-0.39, 0.29) is 24.9 Å². The maximum atomic E-state index is 12.5. The van der Waals surface area contributed by atoms with E-state index in [1.807, 2.05) is 25.7 Å². The van der Waals surface area contributed by atoms with Crippen molar-refractivity contribution in [3.05, 3.63) is 12.4 Å². The van der Waals surface area contributed by atoms with E-state index in [1.54, 1.807) is 17.3 Å². The summed E-state index contributed by atoms with van der Waals surface area (Å²) in [5, 5.41) is 0. The van der Waals surface area contributed by atoms with Crippen molar-refractivity contribution in [2.45, 2.75) is 52.6 Å². The number of ether oxygens (including phenoxy) is 3. The van der Waals surface area contributed by atoms with E-state index in [0.717, 1.165) is 12.8 Å². The molecule has 0 aliphatic carbocycles. The van der Waals surface area contributed by atoms with Crippen molar-refractivity contribution in [1.82, 2.24) is 19.2 Å². The van der Waals surface area contributed by atoms with Gasteiger partial charge in [-0.05, 0) is 46.0 Å². The topological polar surface area (TPSA) is 131 Å². The van der Waals surface area contributed by atoms with Gasteiger partial charge in [-0.15, -0.1) is 0 Å². The van der Waals surface area contributed by atoms with Crippen LogP contribution in [0.1, 0.15) is 47.0 Å². The predicted octanol–water partition coefficient (Wildman–Crippen LogP) is 1.91. The van der Waals surface area contributed by atoms with Crippen LogP contribution in [-0.4, -0.2) is 103 Å². The van der Waals surface area contributed by atoms with Crippen molar-refractivity contribution in [1.29, 1.82) is 0 Å². The Morgan fingerprint density at radius 2 is 1.70 bits per heavy atom. The van der Waals surface area contributed by atoms with Crippen molar-refractivity contribution >= 4 is 27.9 Å². The maximum Gasteiger partial charge on any atom is 0.410 e. The van der Waals surface area contributed by atoms with Gasteiger partial charge in [-0.1, -0.05) is 0 Å². The molecule has 1 aromatic rings. The lowest BCUT2D eigenvalue weighted by Gasteiger charge is -2.34. The van der Waals surface area contributed by atoms with Gasteiger partial charge in [-0.2, -0.15) is 4.31 Å². The fourth-order valence-corrected chi connectivity index (χ4v) is 5.60. The Morgan fingerprint density at radius 3 is 2.27 bits per heavy atom. The number of sulfonamides is 1. The number of amides is 1. The van der Waals surface area contributed by atoms with Gasteiger partial charge in [0.2, 0.25) is 15.9 Å². The van der Waals surface area contributed by atoms with E-state index in [4.69, 9.17) is 14.2 Å². The van der Waals surface area contributed by atoms with E-state index < -0.39 is 21.6 Å². The van der Waals surface area contributed by atoms with Gasteiger partial charge < -0.3 is 24.0 Å². The minimum absolute atomic E-state index is 0.0495. The monoisotopic (exact) mass is 541 g/mol. The molecule has 0 atom stereocenters. The molecule has 0 saturated carbocycles. The molecule has 1 amide bonds. The minimum atomic E-state index is -3.40. The van der Waals surface area contributed by atoms with Gasteiger partial charge in [0.05, 0.1) is 31.4 Å². The molecule has 13 heteroatoms. The van der Waals surface area contributed by atoms with Gasteiger partial charge in [0.1, 0.15) is 11.4 Å². The number of piperidine rings is 1. The molecule has 0 spiro atoms. The summed E-state index contributed by atoms with van der Waals surface area (Å²) in [5.74, 6) is 0.970. The fourth-order valence-electron chi connectivity index (χ4n) is 4.14. The second-order valence-electron chi connectivity index (χ2n) is 10.3. The first-order valence-corrected chi connectivity index (χ1v) is 14.3. The second kappa shape index (κ2) is 12.7. The van der Waals surface area contributed by atoms with Crippen LogP contribution < -0.4 is 9.64 Å². The van der Waals surface area contributed by atoms with E-state index in [0.29, 0.717) is 63.5 Å². The summed E-state index contributed by atoms with van der Waals surface area (Å²) < 4.78 is 42.6. The molecule has 3 rings (SSSR count). The number of carbonyl (C=O) groups excluding carboxylic acids is 2. The molecule has 2 fully saturated rings. The molecule has 3 heterocycles. The average molecular weight is 542 g/mol. The summed E-state index contributed by atoms with van der Waals surface area (Å²) in [6.07, 6.45) is 4.90.